The molecule has 0 spiro atoms. The van der Waals surface area contributed by atoms with E-state index in [9.17, 15) is 9.90 Å². The molecule has 0 bridgehead atoms. The lowest BCUT2D eigenvalue weighted by Crippen LogP contribution is -2.12. The SMILES string of the molecule is O=C(Nc1ccc(Nc2ccccc2)nc1)c1ccccc1O. The van der Waals surface area contributed by atoms with E-state index in [0.29, 0.717) is 11.5 Å². The Kier molecular flexibility index (Phi) is 4.20. The molecule has 0 saturated heterocycles. The lowest BCUT2D eigenvalue weighted by atomic mass is 10.2. The number of nitrogens with one attached hydrogen (secondary N) is 2. The summed E-state index contributed by atoms with van der Waals surface area (Å²) in [7, 11) is 0. The van der Waals surface area contributed by atoms with Gasteiger partial charge in [0.2, 0.25) is 0 Å². The number of nitrogens with zero attached hydrogens (tertiary/aromatic N) is 1. The highest BCUT2D eigenvalue weighted by Crippen LogP contribution is 2.19. The Labute approximate surface area is 133 Å². The van der Waals surface area contributed by atoms with Crippen molar-refractivity contribution in [2.75, 3.05) is 10.6 Å². The second kappa shape index (κ2) is 6.62. The van der Waals surface area contributed by atoms with Gasteiger partial charge >= 0.3 is 0 Å². The molecule has 1 aromatic heterocycles. The molecular weight excluding hydrogens is 290 g/mol. The van der Waals surface area contributed by atoms with Crippen LogP contribution in [0.4, 0.5) is 17.2 Å². The molecule has 0 aliphatic rings. The molecule has 0 aliphatic carbocycles. The van der Waals surface area contributed by atoms with Crippen molar-refractivity contribution < 1.29 is 9.90 Å². The van der Waals surface area contributed by atoms with Crippen LogP contribution in [-0.4, -0.2) is 16.0 Å². The minimum Gasteiger partial charge on any atom is -0.507 e. The van der Waals surface area contributed by atoms with E-state index in [0.717, 1.165) is 5.69 Å². The highest BCUT2D eigenvalue weighted by molar-refractivity contribution is 6.06. The Balaban J connectivity index is 1.68. The van der Waals surface area contributed by atoms with Gasteiger partial charge in [0, 0.05) is 5.69 Å². The number of phenolic OH excluding ortho intramolecular Hbond substituents is 1. The van der Waals surface area contributed by atoms with Crippen LogP contribution in [0.5, 0.6) is 5.75 Å². The van der Waals surface area contributed by atoms with Crippen molar-refractivity contribution in [3.8, 4) is 5.75 Å². The summed E-state index contributed by atoms with van der Waals surface area (Å²) in [5.74, 6) is 0.241. The summed E-state index contributed by atoms with van der Waals surface area (Å²) >= 11 is 0. The molecule has 5 nitrogen and oxygen atoms in total. The Morgan fingerprint density at radius 3 is 2.30 bits per heavy atom. The van der Waals surface area contributed by atoms with Gasteiger partial charge in [-0.15, -0.1) is 0 Å². The molecule has 0 atom stereocenters. The van der Waals surface area contributed by atoms with E-state index in [1.807, 2.05) is 30.3 Å². The van der Waals surface area contributed by atoms with Gasteiger partial charge in [-0.05, 0) is 36.4 Å². The molecule has 0 aliphatic heterocycles. The first kappa shape index (κ1) is 14.6. The second-order valence-corrected chi connectivity index (χ2v) is 4.89. The van der Waals surface area contributed by atoms with E-state index >= 15 is 0 Å². The van der Waals surface area contributed by atoms with Gasteiger partial charge < -0.3 is 15.7 Å². The fourth-order valence-electron chi connectivity index (χ4n) is 2.08. The zero-order valence-corrected chi connectivity index (χ0v) is 12.2. The van der Waals surface area contributed by atoms with Crippen LogP contribution in [0.2, 0.25) is 0 Å². The number of amides is 1. The number of aromatic hydroxyl groups is 1. The molecule has 5 heteroatoms. The topological polar surface area (TPSA) is 74.2 Å². The molecule has 3 N–H and O–H groups in total. The van der Waals surface area contributed by atoms with E-state index in [1.54, 1.807) is 36.5 Å². The summed E-state index contributed by atoms with van der Waals surface area (Å²) in [6.45, 7) is 0. The van der Waals surface area contributed by atoms with Gasteiger partial charge in [-0.2, -0.15) is 0 Å². The zero-order valence-electron chi connectivity index (χ0n) is 12.2. The van der Waals surface area contributed by atoms with Crippen LogP contribution in [-0.2, 0) is 0 Å². The van der Waals surface area contributed by atoms with Crippen molar-refractivity contribution in [2.45, 2.75) is 0 Å². The molecule has 0 saturated carbocycles. The number of pyridine rings is 1. The Hall–Kier alpha value is -3.34. The highest BCUT2D eigenvalue weighted by Gasteiger charge is 2.10. The van der Waals surface area contributed by atoms with Crippen LogP contribution < -0.4 is 10.6 Å². The minimum absolute atomic E-state index is 0.0553. The van der Waals surface area contributed by atoms with Gasteiger partial charge in [0.25, 0.3) is 5.91 Å². The van der Waals surface area contributed by atoms with Crippen molar-refractivity contribution >= 4 is 23.1 Å². The summed E-state index contributed by atoms with van der Waals surface area (Å²) in [5, 5.41) is 15.5. The summed E-state index contributed by atoms with van der Waals surface area (Å²) in [6.07, 6.45) is 1.56. The quantitative estimate of drug-likeness (QED) is 0.685. The lowest BCUT2D eigenvalue weighted by molar-refractivity contribution is 0.102. The van der Waals surface area contributed by atoms with Gasteiger partial charge in [-0.1, -0.05) is 30.3 Å². The van der Waals surface area contributed by atoms with Crippen molar-refractivity contribution in [1.82, 2.24) is 4.98 Å². The van der Waals surface area contributed by atoms with Crippen LogP contribution in [0.3, 0.4) is 0 Å². The molecule has 114 valence electrons. The minimum atomic E-state index is -0.381. The maximum Gasteiger partial charge on any atom is 0.259 e. The average Bonchev–Trinajstić information content (AvgIpc) is 2.58. The fourth-order valence-corrected chi connectivity index (χ4v) is 2.08. The number of anilines is 3. The van der Waals surface area contributed by atoms with E-state index < -0.39 is 0 Å². The zero-order chi connectivity index (χ0) is 16.1. The van der Waals surface area contributed by atoms with Crippen LogP contribution >= 0.6 is 0 Å². The van der Waals surface area contributed by atoms with Gasteiger partial charge in [0.1, 0.15) is 11.6 Å². The third-order valence-corrected chi connectivity index (χ3v) is 3.22. The largest absolute Gasteiger partial charge is 0.507 e. The van der Waals surface area contributed by atoms with E-state index in [1.165, 1.54) is 6.07 Å². The normalized spacial score (nSPS) is 10.1. The van der Waals surface area contributed by atoms with Crippen LogP contribution in [0.25, 0.3) is 0 Å². The maximum absolute atomic E-state index is 12.1. The van der Waals surface area contributed by atoms with Crippen LogP contribution in [0.1, 0.15) is 10.4 Å². The molecule has 1 heterocycles. The fraction of sp³-hybridized carbons (Fsp3) is 0. The van der Waals surface area contributed by atoms with Crippen molar-refractivity contribution in [3.63, 3.8) is 0 Å². The van der Waals surface area contributed by atoms with Crippen molar-refractivity contribution in [3.05, 3.63) is 78.5 Å². The molecule has 1 amide bonds. The molecule has 23 heavy (non-hydrogen) atoms. The first-order chi connectivity index (χ1) is 11.2. The van der Waals surface area contributed by atoms with Gasteiger partial charge in [0.15, 0.2) is 0 Å². The number of carbonyl (C=O) groups excluding carboxylic acids is 1. The average molecular weight is 305 g/mol. The van der Waals surface area contributed by atoms with Gasteiger partial charge in [-0.3, -0.25) is 4.79 Å². The maximum atomic E-state index is 12.1. The monoisotopic (exact) mass is 305 g/mol. The molecule has 0 fully saturated rings. The summed E-state index contributed by atoms with van der Waals surface area (Å²) in [5.41, 5.74) is 1.71. The third-order valence-electron chi connectivity index (χ3n) is 3.22. The second-order valence-electron chi connectivity index (χ2n) is 4.89. The predicted octanol–water partition coefficient (Wildman–Crippen LogP) is 3.78. The number of hydrogen-bond acceptors (Lipinski definition) is 4. The highest BCUT2D eigenvalue weighted by atomic mass is 16.3. The van der Waals surface area contributed by atoms with Crippen LogP contribution in [0, 0.1) is 0 Å². The van der Waals surface area contributed by atoms with E-state index in [4.69, 9.17) is 0 Å². The number of para-hydroxylation sites is 2. The van der Waals surface area contributed by atoms with Gasteiger partial charge in [0.05, 0.1) is 17.4 Å². The summed E-state index contributed by atoms with van der Waals surface area (Å²) < 4.78 is 0. The molecule has 2 aromatic carbocycles. The smallest absolute Gasteiger partial charge is 0.259 e. The summed E-state index contributed by atoms with van der Waals surface area (Å²) in [6, 6.07) is 19.6. The first-order valence-electron chi connectivity index (χ1n) is 7.10. The third kappa shape index (κ3) is 3.65. The molecule has 3 rings (SSSR count). The number of hydrogen-bond donors (Lipinski definition) is 3. The molecule has 0 radical (unpaired) electrons. The molecule has 3 aromatic rings. The predicted molar refractivity (Wildman–Crippen MR) is 90.0 cm³/mol. The van der Waals surface area contributed by atoms with E-state index in [2.05, 4.69) is 15.6 Å². The first-order valence-corrected chi connectivity index (χ1v) is 7.10. The standard InChI is InChI=1S/C18H15N3O2/c22-16-9-5-4-8-15(16)18(23)21-14-10-11-17(19-12-14)20-13-6-2-1-3-7-13/h1-12,22H,(H,19,20)(H,21,23). The number of aromatic nitrogens is 1. The van der Waals surface area contributed by atoms with Crippen LogP contribution in [0.15, 0.2) is 72.9 Å². The number of benzene rings is 2. The van der Waals surface area contributed by atoms with Gasteiger partial charge in [-0.25, -0.2) is 4.98 Å². The Morgan fingerprint density at radius 1 is 0.870 bits per heavy atom. The number of carbonyl (C=O) groups is 1. The Bertz CT molecular complexity index is 802. The Morgan fingerprint density at radius 2 is 1.61 bits per heavy atom. The van der Waals surface area contributed by atoms with Crippen molar-refractivity contribution in [2.24, 2.45) is 0 Å². The molecular formula is C18H15N3O2. The number of phenols is 1. The number of rotatable bonds is 4. The molecule has 0 unspecified atom stereocenters. The van der Waals surface area contributed by atoms with E-state index in [-0.39, 0.29) is 17.2 Å². The lowest BCUT2D eigenvalue weighted by Gasteiger charge is -2.08. The van der Waals surface area contributed by atoms with Crippen molar-refractivity contribution in [1.29, 1.82) is 0 Å². The summed E-state index contributed by atoms with van der Waals surface area (Å²) in [4.78, 5) is 16.4.